The van der Waals surface area contributed by atoms with Gasteiger partial charge in [0.25, 0.3) is 0 Å². The largest absolute Gasteiger partial charge is 0.393 e. The fraction of sp³-hybridized carbons (Fsp3) is 0.400. The summed E-state index contributed by atoms with van der Waals surface area (Å²) in [6.45, 7) is 0.585. The van der Waals surface area contributed by atoms with E-state index >= 15 is 0 Å². The average molecular weight is 180 g/mol. The SMILES string of the molecule is OC[C@@H]1O[C@@H]1OCc1ccccc1. The monoisotopic (exact) mass is 180 g/mol. The third kappa shape index (κ3) is 2.28. The van der Waals surface area contributed by atoms with E-state index in [1.807, 2.05) is 30.3 Å². The van der Waals surface area contributed by atoms with E-state index in [-0.39, 0.29) is 19.0 Å². The number of hydrogen-bond acceptors (Lipinski definition) is 3. The predicted molar refractivity (Wildman–Crippen MR) is 47.0 cm³/mol. The van der Waals surface area contributed by atoms with E-state index in [0.717, 1.165) is 5.56 Å². The number of epoxide rings is 1. The molecule has 1 fully saturated rings. The molecule has 0 aromatic heterocycles. The number of hydrogen-bond donors (Lipinski definition) is 1. The van der Waals surface area contributed by atoms with E-state index in [1.54, 1.807) is 0 Å². The highest BCUT2D eigenvalue weighted by molar-refractivity contribution is 5.13. The lowest BCUT2D eigenvalue weighted by Crippen LogP contribution is -2.03. The van der Waals surface area contributed by atoms with Crippen LogP contribution in [0.3, 0.4) is 0 Å². The molecule has 0 amide bonds. The van der Waals surface area contributed by atoms with Gasteiger partial charge in [-0.15, -0.1) is 0 Å². The Morgan fingerprint density at radius 1 is 1.31 bits per heavy atom. The number of rotatable bonds is 4. The molecular formula is C10H12O3. The van der Waals surface area contributed by atoms with Gasteiger partial charge in [0.1, 0.15) is 6.10 Å². The fourth-order valence-electron chi connectivity index (χ4n) is 1.16. The van der Waals surface area contributed by atoms with Crippen molar-refractivity contribution in [2.45, 2.75) is 19.0 Å². The van der Waals surface area contributed by atoms with E-state index < -0.39 is 0 Å². The van der Waals surface area contributed by atoms with Crippen molar-refractivity contribution in [1.82, 2.24) is 0 Å². The van der Waals surface area contributed by atoms with Gasteiger partial charge in [0, 0.05) is 0 Å². The molecule has 1 aromatic carbocycles. The van der Waals surface area contributed by atoms with E-state index in [9.17, 15) is 0 Å². The van der Waals surface area contributed by atoms with Crippen LogP contribution in [0.5, 0.6) is 0 Å². The van der Waals surface area contributed by atoms with E-state index in [1.165, 1.54) is 0 Å². The molecule has 0 saturated carbocycles. The molecule has 0 spiro atoms. The molecular weight excluding hydrogens is 168 g/mol. The van der Waals surface area contributed by atoms with Crippen molar-refractivity contribution >= 4 is 0 Å². The summed E-state index contributed by atoms with van der Waals surface area (Å²) >= 11 is 0. The van der Waals surface area contributed by atoms with Crippen molar-refractivity contribution in [3.05, 3.63) is 35.9 Å². The second-order valence-electron chi connectivity index (χ2n) is 3.02. The molecule has 1 heterocycles. The molecule has 3 nitrogen and oxygen atoms in total. The minimum atomic E-state index is -0.204. The number of aliphatic hydroxyl groups is 1. The first-order valence-corrected chi connectivity index (χ1v) is 4.32. The molecule has 2 rings (SSSR count). The van der Waals surface area contributed by atoms with Gasteiger partial charge >= 0.3 is 0 Å². The zero-order valence-electron chi connectivity index (χ0n) is 7.22. The van der Waals surface area contributed by atoms with Crippen molar-refractivity contribution in [1.29, 1.82) is 0 Å². The summed E-state index contributed by atoms with van der Waals surface area (Å²) in [6, 6.07) is 9.90. The molecule has 0 radical (unpaired) electrons. The van der Waals surface area contributed by atoms with Gasteiger partial charge in [0.2, 0.25) is 0 Å². The standard InChI is InChI=1S/C10H12O3/c11-6-9-10(13-9)12-7-8-4-2-1-3-5-8/h1-5,9-11H,6-7H2/t9-,10-/m0/s1. The van der Waals surface area contributed by atoms with Gasteiger partial charge in [0.15, 0.2) is 6.29 Å². The summed E-state index contributed by atoms with van der Waals surface area (Å²) in [4.78, 5) is 0. The lowest BCUT2D eigenvalue weighted by molar-refractivity contribution is 0.0384. The Bertz CT molecular complexity index is 260. The van der Waals surface area contributed by atoms with E-state index in [4.69, 9.17) is 14.6 Å². The van der Waals surface area contributed by atoms with Crippen molar-refractivity contribution in [3.63, 3.8) is 0 Å². The number of benzene rings is 1. The maximum absolute atomic E-state index is 8.67. The lowest BCUT2D eigenvalue weighted by atomic mass is 10.2. The predicted octanol–water partition coefficient (Wildman–Crippen LogP) is 0.920. The van der Waals surface area contributed by atoms with Gasteiger partial charge in [-0.2, -0.15) is 0 Å². The molecule has 1 saturated heterocycles. The smallest absolute Gasteiger partial charge is 0.187 e. The van der Waals surface area contributed by atoms with Crippen LogP contribution >= 0.6 is 0 Å². The van der Waals surface area contributed by atoms with Crippen LogP contribution in [0.4, 0.5) is 0 Å². The Hall–Kier alpha value is -0.900. The van der Waals surface area contributed by atoms with Crippen LogP contribution in [0, 0.1) is 0 Å². The molecule has 1 N–H and O–H groups in total. The summed E-state index contributed by atoms with van der Waals surface area (Å²) in [6.07, 6.45) is -0.311. The van der Waals surface area contributed by atoms with Crippen molar-refractivity contribution < 1.29 is 14.6 Å². The van der Waals surface area contributed by atoms with Crippen molar-refractivity contribution in [3.8, 4) is 0 Å². The van der Waals surface area contributed by atoms with Gasteiger partial charge in [-0.1, -0.05) is 30.3 Å². The Balaban J connectivity index is 1.75. The van der Waals surface area contributed by atoms with Gasteiger partial charge in [-0.25, -0.2) is 0 Å². The molecule has 0 aliphatic carbocycles. The zero-order chi connectivity index (χ0) is 9.10. The fourth-order valence-corrected chi connectivity index (χ4v) is 1.16. The Kier molecular flexibility index (Phi) is 2.59. The highest BCUT2D eigenvalue weighted by Crippen LogP contribution is 2.23. The summed E-state index contributed by atoms with van der Waals surface area (Å²) < 4.78 is 10.4. The Morgan fingerprint density at radius 3 is 2.69 bits per heavy atom. The van der Waals surface area contributed by atoms with Crippen LogP contribution in [0.2, 0.25) is 0 Å². The van der Waals surface area contributed by atoms with Gasteiger partial charge in [-0.05, 0) is 5.56 Å². The third-order valence-corrected chi connectivity index (χ3v) is 1.97. The van der Waals surface area contributed by atoms with E-state index in [2.05, 4.69) is 0 Å². The van der Waals surface area contributed by atoms with Gasteiger partial charge < -0.3 is 14.6 Å². The second kappa shape index (κ2) is 3.87. The third-order valence-electron chi connectivity index (χ3n) is 1.97. The molecule has 1 aliphatic heterocycles. The first-order valence-electron chi connectivity index (χ1n) is 4.32. The molecule has 3 heteroatoms. The Morgan fingerprint density at radius 2 is 2.08 bits per heavy atom. The zero-order valence-corrected chi connectivity index (χ0v) is 7.22. The summed E-state index contributed by atoms with van der Waals surface area (Å²) in [5, 5.41) is 8.67. The molecule has 1 aromatic rings. The maximum atomic E-state index is 8.67. The second-order valence-corrected chi connectivity index (χ2v) is 3.02. The first-order chi connectivity index (χ1) is 6.40. The number of ether oxygens (including phenoxy) is 2. The molecule has 2 atom stereocenters. The van der Waals surface area contributed by atoms with Crippen LogP contribution in [-0.4, -0.2) is 24.1 Å². The quantitative estimate of drug-likeness (QED) is 0.700. The maximum Gasteiger partial charge on any atom is 0.187 e. The summed E-state index contributed by atoms with van der Waals surface area (Å²) in [5.41, 5.74) is 1.12. The van der Waals surface area contributed by atoms with Crippen LogP contribution in [0.15, 0.2) is 30.3 Å². The highest BCUT2D eigenvalue weighted by atomic mass is 16.8. The number of aliphatic hydroxyl groups excluding tert-OH is 1. The molecule has 0 unspecified atom stereocenters. The van der Waals surface area contributed by atoms with Gasteiger partial charge in [0.05, 0.1) is 13.2 Å². The molecule has 13 heavy (non-hydrogen) atoms. The minimum Gasteiger partial charge on any atom is -0.393 e. The van der Waals surface area contributed by atoms with Crippen molar-refractivity contribution in [2.24, 2.45) is 0 Å². The molecule has 0 bridgehead atoms. The average Bonchev–Trinajstić information content (AvgIpc) is 2.95. The van der Waals surface area contributed by atoms with Gasteiger partial charge in [-0.3, -0.25) is 0 Å². The van der Waals surface area contributed by atoms with Crippen molar-refractivity contribution in [2.75, 3.05) is 6.61 Å². The van der Waals surface area contributed by atoms with Crippen LogP contribution in [0.25, 0.3) is 0 Å². The highest BCUT2D eigenvalue weighted by Gasteiger charge is 2.39. The van der Waals surface area contributed by atoms with Crippen LogP contribution in [-0.2, 0) is 16.1 Å². The lowest BCUT2D eigenvalue weighted by Gasteiger charge is -1.99. The first kappa shape index (κ1) is 8.69. The summed E-state index contributed by atoms with van der Waals surface area (Å²) in [7, 11) is 0. The summed E-state index contributed by atoms with van der Waals surface area (Å²) in [5.74, 6) is 0. The van der Waals surface area contributed by atoms with Crippen LogP contribution < -0.4 is 0 Å². The minimum absolute atomic E-state index is 0.0411. The normalized spacial score (nSPS) is 25.9. The molecule has 1 aliphatic rings. The van der Waals surface area contributed by atoms with E-state index in [0.29, 0.717) is 6.61 Å². The van der Waals surface area contributed by atoms with Crippen LogP contribution in [0.1, 0.15) is 5.56 Å². The Labute approximate surface area is 76.9 Å². The molecule has 70 valence electrons. The topological polar surface area (TPSA) is 42.0 Å².